The van der Waals surface area contributed by atoms with Crippen LogP contribution in [0.5, 0.6) is 0 Å². The number of carbonyl (C=O) groups is 1. The van der Waals surface area contributed by atoms with Crippen molar-refractivity contribution in [2.75, 3.05) is 49.1 Å². The second kappa shape index (κ2) is 6.85. The fourth-order valence-electron chi connectivity index (χ4n) is 7.45. The first-order valence-electron chi connectivity index (χ1n) is 11.8. The SMILES string of the molecule is O=C(N1CCN(c2ccc(N3CCCC3)nn2)CC1)C12CC3CC(CC(C3)C1)C2. The molecule has 0 aromatic carbocycles. The maximum Gasteiger partial charge on any atom is 0.228 e. The lowest BCUT2D eigenvalue weighted by atomic mass is 9.49. The molecule has 6 nitrogen and oxygen atoms in total. The summed E-state index contributed by atoms with van der Waals surface area (Å²) < 4.78 is 0. The number of hydrogen-bond acceptors (Lipinski definition) is 5. The standard InChI is InChI=1S/C23H33N5O/c29-22(23-14-17-11-18(15-23)13-19(12-17)16-23)28-9-7-27(8-10-28)21-4-3-20(24-25-21)26-5-1-2-6-26/h3-4,17-19H,1-2,5-16H2. The van der Waals surface area contributed by atoms with Gasteiger partial charge in [-0.2, -0.15) is 0 Å². The molecule has 1 aromatic heterocycles. The Bertz CT molecular complexity index is 729. The van der Waals surface area contributed by atoms with E-state index >= 15 is 0 Å². The van der Waals surface area contributed by atoms with E-state index in [1.807, 2.05) is 0 Å². The molecule has 0 N–H and O–H groups in total. The third-order valence-electron chi connectivity index (χ3n) is 8.45. The predicted octanol–water partition coefficient (Wildman–Crippen LogP) is 2.94. The molecule has 1 amide bonds. The molecular weight excluding hydrogens is 362 g/mol. The third kappa shape index (κ3) is 3.10. The number of anilines is 2. The van der Waals surface area contributed by atoms with E-state index in [0.29, 0.717) is 5.91 Å². The summed E-state index contributed by atoms with van der Waals surface area (Å²) in [5.41, 5.74) is -0.00585. The Morgan fingerprint density at radius 3 is 1.72 bits per heavy atom. The summed E-state index contributed by atoms with van der Waals surface area (Å²) in [5, 5.41) is 8.97. The van der Waals surface area contributed by atoms with Gasteiger partial charge in [-0.3, -0.25) is 4.79 Å². The molecule has 7 rings (SSSR count). The third-order valence-corrected chi connectivity index (χ3v) is 8.45. The molecule has 0 radical (unpaired) electrons. The van der Waals surface area contributed by atoms with Crippen molar-refractivity contribution in [2.45, 2.75) is 51.4 Å². The van der Waals surface area contributed by atoms with Crippen LogP contribution in [-0.4, -0.2) is 60.3 Å². The Morgan fingerprint density at radius 2 is 1.24 bits per heavy atom. The fourth-order valence-corrected chi connectivity index (χ4v) is 7.45. The molecule has 2 aliphatic heterocycles. The van der Waals surface area contributed by atoms with Gasteiger partial charge in [0.1, 0.15) is 0 Å². The Kier molecular flexibility index (Phi) is 4.24. The Labute approximate surface area is 173 Å². The molecule has 4 saturated carbocycles. The van der Waals surface area contributed by atoms with Gasteiger partial charge in [0.05, 0.1) is 5.41 Å². The summed E-state index contributed by atoms with van der Waals surface area (Å²) in [6.07, 6.45) is 10.2. The van der Waals surface area contributed by atoms with Crippen LogP contribution < -0.4 is 9.80 Å². The van der Waals surface area contributed by atoms with Crippen LogP contribution in [0.4, 0.5) is 11.6 Å². The van der Waals surface area contributed by atoms with Gasteiger partial charge in [0.2, 0.25) is 5.91 Å². The Hall–Kier alpha value is -1.85. The summed E-state index contributed by atoms with van der Waals surface area (Å²) in [5.74, 6) is 4.92. The van der Waals surface area contributed by atoms with Crippen molar-refractivity contribution in [1.82, 2.24) is 15.1 Å². The number of hydrogen-bond donors (Lipinski definition) is 0. The van der Waals surface area contributed by atoms with Crippen molar-refractivity contribution in [3.05, 3.63) is 12.1 Å². The van der Waals surface area contributed by atoms with Crippen molar-refractivity contribution >= 4 is 17.5 Å². The summed E-state index contributed by atoms with van der Waals surface area (Å²) in [6, 6.07) is 4.22. The van der Waals surface area contributed by atoms with E-state index in [-0.39, 0.29) is 5.41 Å². The maximum atomic E-state index is 13.6. The van der Waals surface area contributed by atoms with E-state index in [1.165, 1.54) is 51.4 Å². The summed E-state index contributed by atoms with van der Waals surface area (Å²) in [6.45, 7) is 5.59. The second-order valence-corrected chi connectivity index (χ2v) is 10.4. The van der Waals surface area contributed by atoms with Gasteiger partial charge in [-0.1, -0.05) is 0 Å². The number of carbonyl (C=O) groups excluding carboxylic acids is 1. The van der Waals surface area contributed by atoms with Crippen LogP contribution in [0, 0.1) is 23.2 Å². The van der Waals surface area contributed by atoms with E-state index in [4.69, 9.17) is 0 Å². The van der Waals surface area contributed by atoms with Crippen LogP contribution in [0.2, 0.25) is 0 Å². The highest BCUT2D eigenvalue weighted by molar-refractivity contribution is 5.83. The molecule has 0 unspecified atom stereocenters. The van der Waals surface area contributed by atoms with Crippen LogP contribution in [0.15, 0.2) is 12.1 Å². The molecule has 6 aliphatic rings. The number of amides is 1. The lowest BCUT2D eigenvalue weighted by molar-refractivity contribution is -0.158. The van der Waals surface area contributed by atoms with Crippen LogP contribution in [-0.2, 0) is 4.79 Å². The van der Waals surface area contributed by atoms with Gasteiger partial charge in [0, 0.05) is 39.3 Å². The average molecular weight is 396 g/mol. The van der Waals surface area contributed by atoms with Crippen molar-refractivity contribution in [1.29, 1.82) is 0 Å². The average Bonchev–Trinajstić information content (AvgIpc) is 3.27. The summed E-state index contributed by atoms with van der Waals surface area (Å²) in [7, 11) is 0. The van der Waals surface area contributed by atoms with Gasteiger partial charge in [-0.05, 0) is 81.3 Å². The van der Waals surface area contributed by atoms with E-state index in [2.05, 4.69) is 37.0 Å². The lowest BCUT2D eigenvalue weighted by Gasteiger charge is -2.57. The molecule has 29 heavy (non-hydrogen) atoms. The van der Waals surface area contributed by atoms with Crippen LogP contribution in [0.3, 0.4) is 0 Å². The van der Waals surface area contributed by atoms with E-state index in [1.54, 1.807) is 0 Å². The van der Waals surface area contributed by atoms with Gasteiger partial charge in [-0.25, -0.2) is 0 Å². The maximum absolute atomic E-state index is 13.6. The molecule has 6 fully saturated rings. The molecule has 0 atom stereocenters. The van der Waals surface area contributed by atoms with Gasteiger partial charge < -0.3 is 14.7 Å². The first-order valence-corrected chi connectivity index (χ1v) is 11.8. The van der Waals surface area contributed by atoms with E-state index < -0.39 is 0 Å². The highest BCUT2D eigenvalue weighted by atomic mass is 16.2. The minimum absolute atomic E-state index is 0.00585. The van der Waals surface area contributed by atoms with Crippen molar-refractivity contribution in [3.8, 4) is 0 Å². The molecule has 1 aromatic rings. The molecule has 6 heteroatoms. The number of nitrogens with zero attached hydrogens (tertiary/aromatic N) is 5. The smallest absolute Gasteiger partial charge is 0.228 e. The fraction of sp³-hybridized carbons (Fsp3) is 0.783. The monoisotopic (exact) mass is 395 g/mol. The number of aromatic nitrogens is 2. The zero-order valence-corrected chi connectivity index (χ0v) is 17.4. The van der Waals surface area contributed by atoms with Gasteiger partial charge >= 0.3 is 0 Å². The van der Waals surface area contributed by atoms with Crippen molar-refractivity contribution in [2.24, 2.45) is 23.2 Å². The molecule has 156 valence electrons. The molecule has 4 aliphatic carbocycles. The molecule has 2 saturated heterocycles. The van der Waals surface area contributed by atoms with Crippen LogP contribution in [0.25, 0.3) is 0 Å². The zero-order chi connectivity index (χ0) is 19.4. The molecule has 3 heterocycles. The van der Waals surface area contributed by atoms with E-state index in [9.17, 15) is 4.79 Å². The van der Waals surface area contributed by atoms with Gasteiger partial charge in [0.25, 0.3) is 0 Å². The van der Waals surface area contributed by atoms with Gasteiger partial charge in [0.15, 0.2) is 11.6 Å². The Morgan fingerprint density at radius 1 is 0.759 bits per heavy atom. The minimum atomic E-state index is -0.00585. The number of rotatable bonds is 3. The topological polar surface area (TPSA) is 52.6 Å². The first-order chi connectivity index (χ1) is 14.2. The molecule has 4 bridgehead atoms. The Balaban J connectivity index is 1.09. The zero-order valence-electron chi connectivity index (χ0n) is 17.4. The lowest BCUT2D eigenvalue weighted by Crippen LogP contribution is -2.58. The minimum Gasteiger partial charge on any atom is -0.355 e. The largest absolute Gasteiger partial charge is 0.355 e. The first kappa shape index (κ1) is 18.0. The normalized spacial score (nSPS) is 36.1. The van der Waals surface area contributed by atoms with Crippen LogP contribution >= 0.6 is 0 Å². The van der Waals surface area contributed by atoms with E-state index in [0.717, 1.165) is 68.7 Å². The highest BCUT2D eigenvalue weighted by Crippen LogP contribution is 2.60. The highest BCUT2D eigenvalue weighted by Gasteiger charge is 2.55. The number of piperazine rings is 1. The quantitative estimate of drug-likeness (QED) is 0.788. The van der Waals surface area contributed by atoms with Gasteiger partial charge in [-0.15, -0.1) is 10.2 Å². The summed E-state index contributed by atoms with van der Waals surface area (Å²) >= 11 is 0. The molecular formula is C23H33N5O. The molecule has 0 spiro atoms. The van der Waals surface area contributed by atoms with Crippen molar-refractivity contribution in [3.63, 3.8) is 0 Å². The predicted molar refractivity (Wildman–Crippen MR) is 113 cm³/mol. The van der Waals surface area contributed by atoms with Crippen LogP contribution in [0.1, 0.15) is 51.4 Å². The second-order valence-electron chi connectivity index (χ2n) is 10.4. The summed E-state index contributed by atoms with van der Waals surface area (Å²) in [4.78, 5) is 20.4. The van der Waals surface area contributed by atoms with Crippen molar-refractivity contribution < 1.29 is 4.79 Å².